The number of phenols is 1. The van der Waals surface area contributed by atoms with E-state index in [2.05, 4.69) is 53.7 Å². The molecule has 0 spiro atoms. The maximum atomic E-state index is 10.6. The van der Waals surface area contributed by atoms with E-state index in [4.69, 9.17) is 0 Å². The average molecular weight is 262 g/mol. The molecule has 0 bridgehead atoms. The summed E-state index contributed by atoms with van der Waals surface area (Å²) in [5.74, 6) is 1.94. The van der Waals surface area contributed by atoms with Crippen LogP contribution in [0.4, 0.5) is 0 Å². The quantitative estimate of drug-likeness (QED) is 0.673. The zero-order valence-corrected chi connectivity index (χ0v) is 13.5. The maximum Gasteiger partial charge on any atom is 0.122 e. The summed E-state index contributed by atoms with van der Waals surface area (Å²) in [6.07, 6.45) is 3.28. The number of phenolic OH excluding ortho intramolecular Hbond substituents is 1. The Morgan fingerprint density at radius 2 is 1.16 bits per heavy atom. The van der Waals surface area contributed by atoms with Gasteiger partial charge in [-0.1, -0.05) is 53.7 Å². The van der Waals surface area contributed by atoms with Gasteiger partial charge in [0.05, 0.1) is 0 Å². The second-order valence-corrected chi connectivity index (χ2v) is 5.98. The third-order valence-electron chi connectivity index (χ3n) is 4.66. The van der Waals surface area contributed by atoms with Crippen LogP contribution in [0.2, 0.25) is 0 Å². The molecule has 0 aromatic heterocycles. The van der Waals surface area contributed by atoms with E-state index in [1.54, 1.807) is 0 Å². The normalized spacial score (nSPS) is 16.1. The molecule has 1 N–H and O–H groups in total. The van der Waals surface area contributed by atoms with Gasteiger partial charge in [0.2, 0.25) is 0 Å². The van der Waals surface area contributed by atoms with E-state index in [1.807, 2.05) is 0 Å². The van der Waals surface area contributed by atoms with Gasteiger partial charge >= 0.3 is 0 Å². The third kappa shape index (κ3) is 3.52. The Balaban J connectivity index is 3.37. The molecule has 0 aliphatic rings. The first-order valence-corrected chi connectivity index (χ1v) is 7.82. The van der Waals surface area contributed by atoms with Gasteiger partial charge < -0.3 is 5.11 Å². The second kappa shape index (κ2) is 6.98. The summed E-state index contributed by atoms with van der Waals surface area (Å²) in [6, 6.07) is 4.45. The van der Waals surface area contributed by atoms with E-state index in [1.165, 1.54) is 5.56 Å². The number of hydrogen-bond donors (Lipinski definition) is 1. The molecule has 0 aliphatic heterocycles. The van der Waals surface area contributed by atoms with Crippen LogP contribution in [-0.4, -0.2) is 5.11 Å². The summed E-state index contributed by atoms with van der Waals surface area (Å²) >= 11 is 0. The van der Waals surface area contributed by atoms with Gasteiger partial charge in [-0.25, -0.2) is 0 Å². The number of rotatable bonds is 6. The minimum atomic E-state index is 0.423. The fraction of sp³-hybridized carbons (Fsp3) is 0.667. The van der Waals surface area contributed by atoms with E-state index >= 15 is 0 Å². The first kappa shape index (κ1) is 16.1. The molecule has 0 saturated carbocycles. The molecule has 0 unspecified atom stereocenters. The molecule has 108 valence electrons. The minimum absolute atomic E-state index is 0.423. The van der Waals surface area contributed by atoms with Gasteiger partial charge in [-0.15, -0.1) is 0 Å². The van der Waals surface area contributed by atoms with Crippen molar-refractivity contribution in [3.8, 4) is 5.75 Å². The van der Waals surface area contributed by atoms with Crippen LogP contribution in [0.1, 0.15) is 95.2 Å². The monoisotopic (exact) mass is 262 g/mol. The van der Waals surface area contributed by atoms with Crippen molar-refractivity contribution in [3.05, 3.63) is 28.8 Å². The van der Waals surface area contributed by atoms with Crippen LogP contribution in [-0.2, 0) is 0 Å². The Hall–Kier alpha value is -0.980. The fourth-order valence-electron chi connectivity index (χ4n) is 2.42. The number of hydrogen-bond acceptors (Lipinski definition) is 1. The first-order chi connectivity index (χ1) is 8.96. The number of aromatic hydroxyl groups is 1. The fourth-order valence-corrected chi connectivity index (χ4v) is 2.42. The molecule has 0 saturated heterocycles. The Morgan fingerprint density at radius 1 is 0.789 bits per heavy atom. The summed E-state index contributed by atoms with van der Waals surface area (Å²) < 4.78 is 0. The Kier molecular flexibility index (Phi) is 5.90. The first-order valence-electron chi connectivity index (χ1n) is 7.82. The van der Waals surface area contributed by atoms with E-state index in [0.717, 1.165) is 30.4 Å². The van der Waals surface area contributed by atoms with Gasteiger partial charge in [0.15, 0.2) is 0 Å². The summed E-state index contributed by atoms with van der Waals surface area (Å²) in [6.45, 7) is 13.3. The van der Waals surface area contributed by atoms with E-state index in [-0.39, 0.29) is 0 Å². The lowest BCUT2D eigenvalue weighted by Crippen LogP contribution is -2.03. The molecule has 1 nitrogen and oxygen atoms in total. The molecule has 1 aromatic carbocycles. The van der Waals surface area contributed by atoms with E-state index in [0.29, 0.717) is 23.5 Å². The van der Waals surface area contributed by atoms with Gasteiger partial charge in [-0.2, -0.15) is 0 Å². The van der Waals surface area contributed by atoms with Gasteiger partial charge in [-0.05, 0) is 53.7 Å². The lowest BCUT2D eigenvalue weighted by molar-refractivity contribution is 0.448. The Bertz CT molecular complexity index is 377. The third-order valence-corrected chi connectivity index (χ3v) is 4.66. The van der Waals surface area contributed by atoms with Crippen LogP contribution in [0.3, 0.4) is 0 Å². The SMILES string of the molecule is CC[C@@H](C)c1cc([C@@H](C)CC)c(O)c([C@@H](C)CC)c1. The van der Waals surface area contributed by atoms with Crippen LogP contribution >= 0.6 is 0 Å². The summed E-state index contributed by atoms with van der Waals surface area (Å²) in [5.41, 5.74) is 3.65. The van der Waals surface area contributed by atoms with Gasteiger partial charge in [0.25, 0.3) is 0 Å². The molecule has 0 amide bonds. The van der Waals surface area contributed by atoms with Crippen molar-refractivity contribution in [2.45, 2.75) is 78.6 Å². The zero-order valence-electron chi connectivity index (χ0n) is 13.5. The maximum absolute atomic E-state index is 10.6. The standard InChI is InChI=1S/C18H30O/c1-7-12(4)15-10-16(13(5)8-2)18(19)17(11-15)14(6)9-3/h10-14,19H,7-9H2,1-6H3/t12-,13+,14+/m1/s1. The highest BCUT2D eigenvalue weighted by atomic mass is 16.3. The molecular weight excluding hydrogens is 232 g/mol. The van der Waals surface area contributed by atoms with Gasteiger partial charge in [0.1, 0.15) is 5.75 Å². The largest absolute Gasteiger partial charge is 0.507 e. The van der Waals surface area contributed by atoms with Crippen molar-refractivity contribution in [3.63, 3.8) is 0 Å². The molecule has 0 aliphatic carbocycles. The van der Waals surface area contributed by atoms with Crippen LogP contribution in [0.15, 0.2) is 12.1 Å². The molecule has 0 fully saturated rings. The zero-order chi connectivity index (χ0) is 14.6. The molecule has 0 radical (unpaired) electrons. The molecule has 0 heterocycles. The summed E-state index contributed by atoms with van der Waals surface area (Å²) in [5, 5.41) is 10.6. The Morgan fingerprint density at radius 3 is 1.47 bits per heavy atom. The predicted molar refractivity (Wildman–Crippen MR) is 84.2 cm³/mol. The topological polar surface area (TPSA) is 20.2 Å². The highest BCUT2D eigenvalue weighted by Crippen LogP contribution is 2.39. The molecule has 19 heavy (non-hydrogen) atoms. The van der Waals surface area contributed by atoms with Crippen LogP contribution < -0.4 is 0 Å². The lowest BCUT2D eigenvalue weighted by atomic mass is 9.85. The highest BCUT2D eigenvalue weighted by Gasteiger charge is 2.19. The summed E-state index contributed by atoms with van der Waals surface area (Å²) in [7, 11) is 0. The molecule has 1 rings (SSSR count). The van der Waals surface area contributed by atoms with Crippen molar-refractivity contribution < 1.29 is 5.11 Å². The van der Waals surface area contributed by atoms with Crippen LogP contribution in [0.25, 0.3) is 0 Å². The smallest absolute Gasteiger partial charge is 0.122 e. The van der Waals surface area contributed by atoms with Gasteiger partial charge in [0, 0.05) is 0 Å². The lowest BCUT2D eigenvalue weighted by Gasteiger charge is -2.22. The van der Waals surface area contributed by atoms with Crippen LogP contribution in [0.5, 0.6) is 5.75 Å². The minimum Gasteiger partial charge on any atom is -0.507 e. The van der Waals surface area contributed by atoms with Gasteiger partial charge in [-0.3, -0.25) is 0 Å². The van der Waals surface area contributed by atoms with Crippen LogP contribution in [0, 0.1) is 0 Å². The van der Waals surface area contributed by atoms with Crippen molar-refractivity contribution in [2.24, 2.45) is 0 Å². The Labute approximate surface area is 119 Å². The molecule has 3 atom stereocenters. The average Bonchev–Trinajstić information content (AvgIpc) is 2.44. The molecule has 1 aromatic rings. The van der Waals surface area contributed by atoms with Crippen molar-refractivity contribution >= 4 is 0 Å². The van der Waals surface area contributed by atoms with E-state index < -0.39 is 0 Å². The van der Waals surface area contributed by atoms with Crippen molar-refractivity contribution in [2.75, 3.05) is 0 Å². The molecular formula is C18H30O. The second-order valence-electron chi connectivity index (χ2n) is 5.98. The van der Waals surface area contributed by atoms with E-state index in [9.17, 15) is 5.11 Å². The van der Waals surface area contributed by atoms with Crippen molar-refractivity contribution in [1.29, 1.82) is 0 Å². The number of benzene rings is 1. The molecule has 1 heteroatoms. The van der Waals surface area contributed by atoms with Crippen molar-refractivity contribution in [1.82, 2.24) is 0 Å². The summed E-state index contributed by atoms with van der Waals surface area (Å²) in [4.78, 5) is 0. The highest BCUT2D eigenvalue weighted by molar-refractivity contribution is 5.47. The predicted octanol–water partition coefficient (Wildman–Crippen LogP) is 5.93.